The lowest BCUT2D eigenvalue weighted by Crippen LogP contribution is -2.36. The quantitative estimate of drug-likeness (QED) is 0.644. The number of carbonyl (C=O) groups is 1. The van der Waals surface area contributed by atoms with Crippen molar-refractivity contribution >= 4 is 5.91 Å². The Kier molecular flexibility index (Phi) is 3.24. The van der Waals surface area contributed by atoms with Crippen LogP contribution in [0.1, 0.15) is 32.6 Å². The van der Waals surface area contributed by atoms with Gasteiger partial charge in [0.1, 0.15) is 0 Å². The van der Waals surface area contributed by atoms with E-state index in [4.69, 9.17) is 0 Å². The van der Waals surface area contributed by atoms with Crippen LogP contribution in [0.25, 0.3) is 0 Å². The lowest BCUT2D eigenvalue weighted by molar-refractivity contribution is -0.127. The van der Waals surface area contributed by atoms with E-state index in [9.17, 15) is 4.79 Å². The first-order valence-corrected chi connectivity index (χ1v) is 5.95. The van der Waals surface area contributed by atoms with Crippen molar-refractivity contribution in [1.82, 2.24) is 4.90 Å². The number of rotatable bonds is 1. The molecule has 1 atom stereocenters. The highest BCUT2D eigenvalue weighted by molar-refractivity contribution is 5.96. The second-order valence-corrected chi connectivity index (χ2v) is 4.59. The number of allylic oxidation sites excluding steroid dienone is 2. The first kappa shape index (κ1) is 10.5. The summed E-state index contributed by atoms with van der Waals surface area (Å²) in [4.78, 5) is 14.1. The molecule has 82 valence electrons. The van der Waals surface area contributed by atoms with E-state index in [0.29, 0.717) is 5.92 Å². The molecule has 1 heterocycles. The molecule has 1 aliphatic heterocycles. The highest BCUT2D eigenvalue weighted by Gasteiger charge is 2.20. The van der Waals surface area contributed by atoms with Gasteiger partial charge in [-0.1, -0.05) is 25.2 Å². The molecule has 2 rings (SSSR count). The smallest absolute Gasteiger partial charge is 0.253 e. The molecule has 0 N–H and O–H groups in total. The van der Waals surface area contributed by atoms with E-state index in [0.717, 1.165) is 37.9 Å². The summed E-state index contributed by atoms with van der Waals surface area (Å²) in [6.07, 6.45) is 10.9. The van der Waals surface area contributed by atoms with Crippen molar-refractivity contribution in [3.05, 3.63) is 23.8 Å². The molecular formula is C13H19NO. The average molecular weight is 205 g/mol. The molecule has 0 spiro atoms. The molecule has 0 saturated carbocycles. The summed E-state index contributed by atoms with van der Waals surface area (Å²) in [6.45, 7) is 4.05. The van der Waals surface area contributed by atoms with Crippen molar-refractivity contribution in [1.29, 1.82) is 0 Å². The van der Waals surface area contributed by atoms with Crippen molar-refractivity contribution in [3.8, 4) is 0 Å². The Bertz CT molecular complexity index is 298. The van der Waals surface area contributed by atoms with Gasteiger partial charge in [-0.15, -0.1) is 0 Å². The van der Waals surface area contributed by atoms with Crippen molar-refractivity contribution in [2.75, 3.05) is 13.1 Å². The molecule has 1 amide bonds. The minimum absolute atomic E-state index is 0.234. The summed E-state index contributed by atoms with van der Waals surface area (Å²) in [6, 6.07) is 0. The number of carbonyl (C=O) groups excluding carboxylic acids is 1. The van der Waals surface area contributed by atoms with Gasteiger partial charge < -0.3 is 4.90 Å². The summed E-state index contributed by atoms with van der Waals surface area (Å²) in [5.41, 5.74) is 0.899. The molecule has 15 heavy (non-hydrogen) atoms. The topological polar surface area (TPSA) is 20.3 Å². The highest BCUT2D eigenvalue weighted by atomic mass is 16.2. The zero-order valence-electron chi connectivity index (χ0n) is 9.41. The Labute approximate surface area is 91.6 Å². The van der Waals surface area contributed by atoms with Crippen LogP contribution in [0.2, 0.25) is 0 Å². The number of hydrogen-bond donors (Lipinski definition) is 0. The van der Waals surface area contributed by atoms with Crippen LogP contribution in [-0.4, -0.2) is 23.9 Å². The molecule has 2 aliphatic rings. The van der Waals surface area contributed by atoms with Gasteiger partial charge in [0.15, 0.2) is 0 Å². The number of piperidine rings is 1. The van der Waals surface area contributed by atoms with Gasteiger partial charge in [-0.2, -0.15) is 0 Å². The third-order valence-corrected chi connectivity index (χ3v) is 3.16. The average Bonchev–Trinajstić information content (AvgIpc) is 2.29. The fourth-order valence-electron chi connectivity index (χ4n) is 2.26. The van der Waals surface area contributed by atoms with E-state index >= 15 is 0 Å². The van der Waals surface area contributed by atoms with E-state index in [2.05, 4.69) is 19.1 Å². The van der Waals surface area contributed by atoms with Gasteiger partial charge in [0.05, 0.1) is 0 Å². The van der Waals surface area contributed by atoms with Crippen LogP contribution in [0.5, 0.6) is 0 Å². The number of likely N-dealkylation sites (tertiary alicyclic amines) is 1. The molecular weight excluding hydrogens is 186 g/mol. The maximum Gasteiger partial charge on any atom is 0.253 e. The summed E-state index contributed by atoms with van der Waals surface area (Å²) < 4.78 is 0. The maximum absolute atomic E-state index is 12.1. The Morgan fingerprint density at radius 2 is 2.07 bits per heavy atom. The van der Waals surface area contributed by atoms with Crippen LogP contribution >= 0.6 is 0 Å². The molecule has 0 bridgehead atoms. The van der Waals surface area contributed by atoms with Crippen molar-refractivity contribution in [2.45, 2.75) is 32.6 Å². The number of nitrogens with zero attached hydrogens (tertiary/aromatic N) is 1. The highest BCUT2D eigenvalue weighted by Crippen LogP contribution is 2.19. The van der Waals surface area contributed by atoms with E-state index in [1.165, 1.54) is 6.42 Å². The van der Waals surface area contributed by atoms with Gasteiger partial charge >= 0.3 is 0 Å². The van der Waals surface area contributed by atoms with Crippen LogP contribution in [0, 0.1) is 5.92 Å². The molecule has 0 aromatic rings. The van der Waals surface area contributed by atoms with Gasteiger partial charge in [0.25, 0.3) is 5.91 Å². The van der Waals surface area contributed by atoms with Crippen LogP contribution in [0.15, 0.2) is 23.8 Å². The molecule has 0 aromatic carbocycles. The normalized spacial score (nSPS) is 26.3. The Balaban J connectivity index is 2.03. The maximum atomic E-state index is 12.1. The molecule has 1 saturated heterocycles. The Morgan fingerprint density at radius 1 is 1.33 bits per heavy atom. The van der Waals surface area contributed by atoms with Crippen LogP contribution < -0.4 is 0 Å². The Hall–Kier alpha value is -1.05. The second kappa shape index (κ2) is 4.65. The molecule has 1 unspecified atom stereocenters. The van der Waals surface area contributed by atoms with E-state index < -0.39 is 0 Å². The SMILES string of the molecule is CC1C=C(C(=O)N2CCCCC2)C=CC1. The predicted octanol–water partition coefficient (Wildman–Crippen LogP) is 2.52. The largest absolute Gasteiger partial charge is 0.339 e. The Morgan fingerprint density at radius 3 is 2.73 bits per heavy atom. The summed E-state index contributed by atoms with van der Waals surface area (Å²) in [5, 5.41) is 0. The molecule has 1 fully saturated rings. The minimum atomic E-state index is 0.234. The standard InChI is InChI=1S/C13H19NO/c1-11-6-5-7-12(10-11)13(15)14-8-3-2-4-9-14/h5,7,10-11H,2-4,6,8-9H2,1H3. The van der Waals surface area contributed by atoms with E-state index in [1.807, 2.05) is 11.0 Å². The molecule has 0 aromatic heterocycles. The fourth-order valence-corrected chi connectivity index (χ4v) is 2.26. The molecule has 0 radical (unpaired) electrons. The van der Waals surface area contributed by atoms with E-state index in [1.54, 1.807) is 0 Å². The first-order valence-electron chi connectivity index (χ1n) is 5.95. The van der Waals surface area contributed by atoms with Gasteiger partial charge in [-0.05, 0) is 31.6 Å². The van der Waals surface area contributed by atoms with E-state index in [-0.39, 0.29) is 5.91 Å². The zero-order chi connectivity index (χ0) is 10.7. The van der Waals surface area contributed by atoms with Crippen molar-refractivity contribution < 1.29 is 4.79 Å². The lowest BCUT2D eigenvalue weighted by atomic mass is 9.97. The fraction of sp³-hybridized carbons (Fsp3) is 0.615. The number of amides is 1. The number of hydrogen-bond acceptors (Lipinski definition) is 1. The summed E-state index contributed by atoms with van der Waals surface area (Å²) in [7, 11) is 0. The third kappa shape index (κ3) is 2.49. The van der Waals surface area contributed by atoms with Crippen LogP contribution in [0.3, 0.4) is 0 Å². The first-order chi connectivity index (χ1) is 7.27. The molecule has 2 heteroatoms. The lowest BCUT2D eigenvalue weighted by Gasteiger charge is -2.28. The zero-order valence-corrected chi connectivity index (χ0v) is 9.41. The van der Waals surface area contributed by atoms with Crippen molar-refractivity contribution in [3.63, 3.8) is 0 Å². The van der Waals surface area contributed by atoms with Gasteiger partial charge in [0, 0.05) is 18.7 Å². The van der Waals surface area contributed by atoms with Crippen LogP contribution in [-0.2, 0) is 4.79 Å². The third-order valence-electron chi connectivity index (χ3n) is 3.16. The summed E-state index contributed by atoms with van der Waals surface area (Å²) in [5.74, 6) is 0.747. The van der Waals surface area contributed by atoms with Gasteiger partial charge in [0.2, 0.25) is 0 Å². The minimum Gasteiger partial charge on any atom is -0.339 e. The van der Waals surface area contributed by atoms with Crippen molar-refractivity contribution in [2.24, 2.45) is 5.92 Å². The molecule has 1 aliphatic carbocycles. The van der Waals surface area contributed by atoms with Gasteiger partial charge in [-0.25, -0.2) is 0 Å². The second-order valence-electron chi connectivity index (χ2n) is 4.59. The van der Waals surface area contributed by atoms with Crippen LogP contribution in [0.4, 0.5) is 0 Å². The summed E-state index contributed by atoms with van der Waals surface area (Å²) >= 11 is 0. The molecule has 2 nitrogen and oxygen atoms in total. The monoisotopic (exact) mass is 205 g/mol. The predicted molar refractivity (Wildman–Crippen MR) is 61.4 cm³/mol. The van der Waals surface area contributed by atoms with Gasteiger partial charge in [-0.3, -0.25) is 4.79 Å².